The highest BCUT2D eigenvalue weighted by Gasteiger charge is 2.15. The summed E-state index contributed by atoms with van der Waals surface area (Å²) >= 11 is 6.08. The largest absolute Gasteiger partial charge is 0.492 e. The Morgan fingerprint density at radius 3 is 2.43 bits per heavy atom. The molecule has 10 heteroatoms. The Bertz CT molecular complexity index is 1330. The third-order valence-electron chi connectivity index (χ3n) is 5.00. The van der Waals surface area contributed by atoms with E-state index in [1.165, 1.54) is 6.21 Å². The Labute approximate surface area is 219 Å². The van der Waals surface area contributed by atoms with Gasteiger partial charge in [-0.05, 0) is 62.7 Å². The van der Waals surface area contributed by atoms with Crippen molar-refractivity contribution in [1.29, 1.82) is 0 Å². The lowest BCUT2D eigenvalue weighted by atomic mass is 10.1. The van der Waals surface area contributed by atoms with Gasteiger partial charge >= 0.3 is 11.8 Å². The standard InChI is InChI=1S/C27H27ClN4O5/c1-4-36-24-8-6-5-7-22(24)31-26(34)27(35)32-29-15-19-14-20(28)10-12-23(19)37-16-25(33)30-21-11-9-17(2)13-18(21)3/h5-15H,4,16H2,1-3H3,(H,30,33)(H,31,34)(H,32,35)/b29-15-. The van der Waals surface area contributed by atoms with Crippen LogP contribution < -0.4 is 25.5 Å². The molecule has 9 nitrogen and oxygen atoms in total. The number of aryl methyl sites for hydroxylation is 2. The number of carbonyl (C=O) groups excluding carboxylic acids is 3. The van der Waals surface area contributed by atoms with Gasteiger partial charge in [-0.2, -0.15) is 5.10 Å². The minimum absolute atomic E-state index is 0.260. The summed E-state index contributed by atoms with van der Waals surface area (Å²) in [4.78, 5) is 36.9. The van der Waals surface area contributed by atoms with E-state index in [2.05, 4.69) is 21.2 Å². The normalized spacial score (nSPS) is 10.6. The molecule has 3 aromatic carbocycles. The first-order valence-electron chi connectivity index (χ1n) is 11.4. The van der Waals surface area contributed by atoms with Crippen LogP contribution in [0.2, 0.25) is 5.02 Å². The average molecular weight is 523 g/mol. The first-order valence-corrected chi connectivity index (χ1v) is 11.8. The van der Waals surface area contributed by atoms with Crippen LogP contribution in [0, 0.1) is 13.8 Å². The van der Waals surface area contributed by atoms with E-state index < -0.39 is 11.8 Å². The van der Waals surface area contributed by atoms with Gasteiger partial charge in [-0.3, -0.25) is 14.4 Å². The van der Waals surface area contributed by atoms with Crippen LogP contribution in [0.4, 0.5) is 11.4 Å². The molecule has 0 atom stereocenters. The van der Waals surface area contributed by atoms with Crippen LogP contribution >= 0.6 is 11.6 Å². The van der Waals surface area contributed by atoms with Crippen LogP contribution in [0.15, 0.2) is 65.8 Å². The molecule has 0 bridgehead atoms. The molecule has 0 unspecified atom stereocenters. The van der Waals surface area contributed by atoms with Crippen molar-refractivity contribution in [3.8, 4) is 11.5 Å². The van der Waals surface area contributed by atoms with Crippen molar-refractivity contribution in [1.82, 2.24) is 5.43 Å². The number of carbonyl (C=O) groups is 3. The number of para-hydroxylation sites is 2. The zero-order chi connectivity index (χ0) is 26.8. The predicted molar refractivity (Wildman–Crippen MR) is 143 cm³/mol. The minimum Gasteiger partial charge on any atom is -0.492 e. The first kappa shape index (κ1) is 27.2. The molecule has 0 aromatic heterocycles. The lowest BCUT2D eigenvalue weighted by Gasteiger charge is -2.12. The molecule has 37 heavy (non-hydrogen) atoms. The summed E-state index contributed by atoms with van der Waals surface area (Å²) in [7, 11) is 0. The second kappa shape index (κ2) is 13.1. The second-order valence-corrected chi connectivity index (χ2v) is 8.36. The third-order valence-corrected chi connectivity index (χ3v) is 5.23. The number of hydrazone groups is 1. The number of halogens is 1. The van der Waals surface area contributed by atoms with Gasteiger partial charge in [0.15, 0.2) is 6.61 Å². The van der Waals surface area contributed by atoms with Crippen LogP contribution in [0.1, 0.15) is 23.6 Å². The molecule has 0 aliphatic rings. The number of amides is 3. The van der Waals surface area contributed by atoms with Gasteiger partial charge in [-0.15, -0.1) is 0 Å². The van der Waals surface area contributed by atoms with Crippen molar-refractivity contribution in [2.24, 2.45) is 5.10 Å². The Balaban J connectivity index is 1.59. The zero-order valence-corrected chi connectivity index (χ0v) is 21.4. The second-order valence-electron chi connectivity index (χ2n) is 7.92. The van der Waals surface area contributed by atoms with Crippen molar-refractivity contribution in [2.45, 2.75) is 20.8 Å². The number of benzene rings is 3. The molecule has 0 fully saturated rings. The molecular weight excluding hydrogens is 496 g/mol. The molecule has 0 aliphatic carbocycles. The van der Waals surface area contributed by atoms with Gasteiger partial charge < -0.3 is 20.1 Å². The molecule has 3 rings (SSSR count). The molecule has 0 radical (unpaired) electrons. The van der Waals surface area contributed by atoms with Crippen LogP contribution in [0.25, 0.3) is 0 Å². The molecular formula is C27H27ClN4O5. The van der Waals surface area contributed by atoms with E-state index in [4.69, 9.17) is 21.1 Å². The Kier molecular flexibility index (Phi) is 9.62. The lowest BCUT2D eigenvalue weighted by Crippen LogP contribution is -2.32. The summed E-state index contributed by atoms with van der Waals surface area (Å²) in [5.74, 6) is -1.50. The highest BCUT2D eigenvalue weighted by atomic mass is 35.5. The van der Waals surface area contributed by atoms with E-state index >= 15 is 0 Å². The van der Waals surface area contributed by atoms with Gasteiger partial charge in [0.1, 0.15) is 11.5 Å². The maximum Gasteiger partial charge on any atom is 0.329 e. The number of anilines is 2. The zero-order valence-electron chi connectivity index (χ0n) is 20.6. The summed E-state index contributed by atoms with van der Waals surface area (Å²) < 4.78 is 11.1. The molecule has 192 valence electrons. The van der Waals surface area contributed by atoms with Crippen molar-refractivity contribution in [3.63, 3.8) is 0 Å². The average Bonchev–Trinajstić information content (AvgIpc) is 2.86. The Hall–Kier alpha value is -4.37. The van der Waals surface area contributed by atoms with E-state index in [1.807, 2.05) is 39.0 Å². The number of nitrogens with one attached hydrogen (secondary N) is 3. The maximum atomic E-state index is 12.4. The molecule has 3 N–H and O–H groups in total. The number of hydrogen-bond acceptors (Lipinski definition) is 6. The summed E-state index contributed by atoms with van der Waals surface area (Å²) in [5, 5.41) is 9.51. The first-order chi connectivity index (χ1) is 17.8. The van der Waals surface area contributed by atoms with E-state index in [-0.39, 0.29) is 12.5 Å². The monoisotopic (exact) mass is 522 g/mol. The Morgan fingerprint density at radius 2 is 1.68 bits per heavy atom. The van der Waals surface area contributed by atoms with Crippen LogP contribution in [0.5, 0.6) is 11.5 Å². The maximum absolute atomic E-state index is 12.4. The van der Waals surface area contributed by atoms with Gasteiger partial charge in [-0.1, -0.05) is 41.4 Å². The number of nitrogens with zero attached hydrogens (tertiary/aromatic N) is 1. The molecule has 0 spiro atoms. The van der Waals surface area contributed by atoms with Gasteiger partial charge in [0, 0.05) is 16.3 Å². The van der Waals surface area contributed by atoms with E-state index in [9.17, 15) is 14.4 Å². The van der Waals surface area contributed by atoms with E-state index in [0.717, 1.165) is 11.1 Å². The fourth-order valence-electron chi connectivity index (χ4n) is 3.28. The summed E-state index contributed by atoms with van der Waals surface area (Å²) in [6, 6.07) is 17.2. The van der Waals surface area contributed by atoms with Crippen molar-refractivity contribution < 1.29 is 23.9 Å². The summed E-state index contributed by atoms with van der Waals surface area (Å²) in [6.45, 7) is 5.83. The molecule has 3 amide bonds. The summed E-state index contributed by atoms with van der Waals surface area (Å²) in [6.07, 6.45) is 1.27. The van der Waals surface area contributed by atoms with Gasteiger partial charge in [0.2, 0.25) is 0 Å². The number of hydrogen-bond donors (Lipinski definition) is 3. The smallest absolute Gasteiger partial charge is 0.329 e. The third kappa shape index (κ3) is 8.08. The molecule has 3 aromatic rings. The van der Waals surface area contributed by atoms with Crippen LogP contribution in [-0.4, -0.2) is 37.1 Å². The van der Waals surface area contributed by atoms with E-state index in [0.29, 0.717) is 40.1 Å². The Morgan fingerprint density at radius 1 is 0.892 bits per heavy atom. The quantitative estimate of drug-likeness (QED) is 0.218. The van der Waals surface area contributed by atoms with Crippen molar-refractivity contribution in [2.75, 3.05) is 23.8 Å². The molecule has 0 aliphatic heterocycles. The number of ether oxygens (including phenoxy) is 2. The fourth-order valence-corrected chi connectivity index (χ4v) is 3.46. The fraction of sp³-hybridized carbons (Fsp3) is 0.185. The summed E-state index contributed by atoms with van der Waals surface area (Å²) in [5.41, 5.74) is 5.64. The number of rotatable bonds is 9. The highest BCUT2D eigenvalue weighted by Crippen LogP contribution is 2.24. The highest BCUT2D eigenvalue weighted by molar-refractivity contribution is 6.39. The van der Waals surface area contributed by atoms with Gasteiger partial charge in [0.25, 0.3) is 5.91 Å². The van der Waals surface area contributed by atoms with Crippen LogP contribution in [-0.2, 0) is 14.4 Å². The SMILES string of the molecule is CCOc1ccccc1NC(=O)C(=O)N/N=C\c1cc(Cl)ccc1OCC(=O)Nc1ccc(C)cc1C. The molecule has 0 saturated carbocycles. The molecule has 0 heterocycles. The van der Waals surface area contributed by atoms with Gasteiger partial charge in [-0.25, -0.2) is 5.43 Å². The lowest BCUT2D eigenvalue weighted by molar-refractivity contribution is -0.136. The molecule has 0 saturated heterocycles. The van der Waals surface area contributed by atoms with Gasteiger partial charge in [0.05, 0.1) is 18.5 Å². The predicted octanol–water partition coefficient (Wildman–Crippen LogP) is 4.46. The minimum atomic E-state index is -0.986. The van der Waals surface area contributed by atoms with Crippen LogP contribution in [0.3, 0.4) is 0 Å². The van der Waals surface area contributed by atoms with Crippen molar-refractivity contribution >= 4 is 46.9 Å². The van der Waals surface area contributed by atoms with Crippen molar-refractivity contribution in [3.05, 3.63) is 82.4 Å². The topological polar surface area (TPSA) is 118 Å². The van der Waals surface area contributed by atoms with E-state index in [1.54, 1.807) is 42.5 Å².